The number of halogens is 1. The molecule has 0 saturated heterocycles. The van der Waals surface area contributed by atoms with E-state index in [1.165, 1.54) is 6.07 Å². The van der Waals surface area contributed by atoms with Gasteiger partial charge in [0.2, 0.25) is 0 Å². The van der Waals surface area contributed by atoms with Gasteiger partial charge in [-0.25, -0.2) is 4.39 Å². The fourth-order valence-electron chi connectivity index (χ4n) is 4.45. The minimum atomic E-state index is -0.816. The summed E-state index contributed by atoms with van der Waals surface area (Å²) in [4.78, 5) is 10.9. The highest BCUT2D eigenvalue weighted by molar-refractivity contribution is 5.70. The highest BCUT2D eigenvalue weighted by atomic mass is 19.1. The predicted octanol–water partition coefficient (Wildman–Crippen LogP) is 8.88. The molecule has 5 heteroatoms. The molecular weight excluding hydrogens is 479 g/mol. The van der Waals surface area contributed by atoms with Gasteiger partial charge in [0.15, 0.2) is 0 Å². The maximum Gasteiger partial charge on any atom is 0.303 e. The molecule has 4 nitrogen and oxygen atoms in total. The second kappa shape index (κ2) is 15.2. The maximum atomic E-state index is 14.9. The van der Waals surface area contributed by atoms with Crippen LogP contribution in [0, 0.1) is 11.2 Å². The first-order chi connectivity index (χ1) is 18.2. The fraction of sp³-hybridized carbons (Fsp3) is 0.424. The number of carbonyl (C=O) groups is 1. The second-order valence-electron chi connectivity index (χ2n) is 10.1. The Kier molecular flexibility index (Phi) is 12.3. The van der Waals surface area contributed by atoms with Crippen LogP contribution in [0.4, 0.5) is 4.39 Å². The lowest BCUT2D eigenvalue weighted by Crippen LogP contribution is -2.16. The van der Waals surface area contributed by atoms with Gasteiger partial charge in [0.25, 0.3) is 0 Å². The minimum absolute atomic E-state index is 0.0675. The highest BCUT2D eigenvalue weighted by Crippen LogP contribution is 2.36. The van der Waals surface area contributed by atoms with Gasteiger partial charge in [-0.3, -0.25) is 4.79 Å². The van der Waals surface area contributed by atoms with Crippen LogP contribution in [0.5, 0.6) is 11.5 Å². The SMILES string of the molecule is CC.CCCCC(C)(C)Cc1cc(COc2cccc(CCC(=O)O)c2)ccc1-c1cc(OC)ccc1F. The van der Waals surface area contributed by atoms with Crippen LogP contribution in [0.1, 0.15) is 77.0 Å². The molecule has 0 amide bonds. The van der Waals surface area contributed by atoms with Crippen LogP contribution in [0.3, 0.4) is 0 Å². The lowest BCUT2D eigenvalue weighted by atomic mass is 9.79. The van der Waals surface area contributed by atoms with Crippen LogP contribution >= 0.6 is 0 Å². The Bertz CT molecular complexity index is 1170. The number of ether oxygens (including phenoxy) is 2. The Hall–Kier alpha value is -3.34. The lowest BCUT2D eigenvalue weighted by molar-refractivity contribution is -0.136. The van der Waals surface area contributed by atoms with Gasteiger partial charge in [0.1, 0.15) is 23.9 Å². The number of hydrogen-bond donors (Lipinski definition) is 1. The van der Waals surface area contributed by atoms with E-state index in [1.807, 2.05) is 50.2 Å². The molecule has 0 unspecified atom stereocenters. The Morgan fingerprint density at radius 3 is 2.39 bits per heavy atom. The summed E-state index contributed by atoms with van der Waals surface area (Å²) < 4.78 is 26.3. The monoisotopic (exact) mass is 522 g/mol. The molecule has 206 valence electrons. The van der Waals surface area contributed by atoms with Crippen molar-refractivity contribution in [3.8, 4) is 22.6 Å². The molecule has 0 radical (unpaired) electrons. The van der Waals surface area contributed by atoms with Gasteiger partial charge in [-0.05, 0) is 77.3 Å². The van der Waals surface area contributed by atoms with Crippen molar-refractivity contribution in [2.75, 3.05) is 7.11 Å². The molecule has 0 aliphatic heterocycles. The van der Waals surface area contributed by atoms with Crippen molar-refractivity contribution >= 4 is 5.97 Å². The average Bonchev–Trinajstić information content (AvgIpc) is 2.91. The van der Waals surface area contributed by atoms with E-state index in [-0.39, 0.29) is 17.7 Å². The van der Waals surface area contributed by atoms with Crippen LogP contribution in [0.25, 0.3) is 11.1 Å². The summed E-state index contributed by atoms with van der Waals surface area (Å²) in [5.41, 5.74) is 4.48. The van der Waals surface area contributed by atoms with E-state index in [0.717, 1.165) is 47.9 Å². The van der Waals surface area contributed by atoms with Crippen molar-refractivity contribution < 1.29 is 23.8 Å². The summed E-state index contributed by atoms with van der Waals surface area (Å²) in [6.07, 6.45) is 4.75. The minimum Gasteiger partial charge on any atom is -0.497 e. The first-order valence-corrected chi connectivity index (χ1v) is 13.6. The third kappa shape index (κ3) is 9.51. The molecule has 0 saturated carbocycles. The van der Waals surface area contributed by atoms with Gasteiger partial charge in [-0.1, -0.05) is 77.8 Å². The zero-order valence-electron chi connectivity index (χ0n) is 23.8. The van der Waals surface area contributed by atoms with E-state index in [0.29, 0.717) is 30.1 Å². The Morgan fingerprint density at radius 1 is 0.947 bits per heavy atom. The lowest BCUT2D eigenvalue weighted by Gasteiger charge is -2.26. The molecule has 0 aromatic heterocycles. The smallest absolute Gasteiger partial charge is 0.303 e. The zero-order chi connectivity index (χ0) is 28.1. The summed E-state index contributed by atoms with van der Waals surface area (Å²) in [5.74, 6) is 0.234. The standard InChI is InChI=1S/C31H37FO4.C2H6/c1-5-6-16-31(2,3)20-24-17-23(10-13-27(24)28-19-25(35-4)12-14-29(28)32)21-36-26-9-7-8-22(18-26)11-15-30(33)34;1-2/h7-10,12-14,17-19H,5-6,11,15-16,20-21H2,1-4H3,(H,33,34);1-2H3. The van der Waals surface area contributed by atoms with Crippen molar-refractivity contribution in [2.24, 2.45) is 5.41 Å². The van der Waals surface area contributed by atoms with Crippen LogP contribution < -0.4 is 9.47 Å². The average molecular weight is 523 g/mol. The largest absolute Gasteiger partial charge is 0.497 e. The Labute approximate surface area is 227 Å². The number of methoxy groups -OCH3 is 1. The number of carboxylic acids is 1. The summed E-state index contributed by atoms with van der Waals surface area (Å²) >= 11 is 0. The van der Waals surface area contributed by atoms with Crippen molar-refractivity contribution in [1.29, 1.82) is 0 Å². The predicted molar refractivity (Wildman–Crippen MR) is 153 cm³/mol. The van der Waals surface area contributed by atoms with Gasteiger partial charge in [0, 0.05) is 12.0 Å². The fourth-order valence-corrected chi connectivity index (χ4v) is 4.45. The molecule has 1 N–H and O–H groups in total. The number of hydrogen-bond acceptors (Lipinski definition) is 3. The maximum absolute atomic E-state index is 14.9. The molecule has 0 heterocycles. The Morgan fingerprint density at radius 2 is 1.71 bits per heavy atom. The quantitative estimate of drug-likeness (QED) is 0.243. The summed E-state index contributed by atoms with van der Waals surface area (Å²) in [6, 6.07) is 18.5. The molecule has 0 spiro atoms. The molecule has 38 heavy (non-hydrogen) atoms. The molecule has 0 atom stereocenters. The number of aliphatic carboxylic acids is 1. The number of rotatable bonds is 13. The molecular formula is C33H43FO4. The molecule has 0 aliphatic carbocycles. The van der Waals surface area contributed by atoms with Crippen LogP contribution in [0.15, 0.2) is 60.7 Å². The first kappa shape index (κ1) is 30.9. The number of aryl methyl sites for hydroxylation is 1. The molecule has 3 rings (SSSR count). The van der Waals surface area contributed by atoms with E-state index < -0.39 is 5.97 Å². The van der Waals surface area contributed by atoms with Crippen LogP contribution in [0.2, 0.25) is 0 Å². The van der Waals surface area contributed by atoms with E-state index in [1.54, 1.807) is 19.2 Å². The zero-order valence-corrected chi connectivity index (χ0v) is 23.8. The number of carboxylic acid groups (broad SMARTS) is 1. The van der Waals surface area contributed by atoms with Crippen molar-refractivity contribution in [3.63, 3.8) is 0 Å². The van der Waals surface area contributed by atoms with Crippen molar-refractivity contribution in [1.82, 2.24) is 0 Å². The summed E-state index contributed by atoms with van der Waals surface area (Å²) in [6.45, 7) is 11.1. The molecule has 0 aliphatic rings. The summed E-state index contributed by atoms with van der Waals surface area (Å²) in [5, 5.41) is 8.94. The molecule has 0 bridgehead atoms. The van der Waals surface area contributed by atoms with Gasteiger partial charge in [0.05, 0.1) is 7.11 Å². The van der Waals surface area contributed by atoms with Gasteiger partial charge in [-0.15, -0.1) is 0 Å². The highest BCUT2D eigenvalue weighted by Gasteiger charge is 2.22. The van der Waals surface area contributed by atoms with Crippen LogP contribution in [-0.2, 0) is 24.2 Å². The third-order valence-electron chi connectivity index (χ3n) is 6.44. The van der Waals surface area contributed by atoms with E-state index in [9.17, 15) is 9.18 Å². The van der Waals surface area contributed by atoms with Gasteiger partial charge in [-0.2, -0.15) is 0 Å². The topological polar surface area (TPSA) is 55.8 Å². The van der Waals surface area contributed by atoms with E-state index in [4.69, 9.17) is 14.6 Å². The molecule has 0 fully saturated rings. The normalized spacial score (nSPS) is 10.9. The molecule has 3 aromatic carbocycles. The summed E-state index contributed by atoms with van der Waals surface area (Å²) in [7, 11) is 1.59. The van der Waals surface area contributed by atoms with Gasteiger partial charge < -0.3 is 14.6 Å². The number of benzene rings is 3. The van der Waals surface area contributed by atoms with E-state index in [2.05, 4.69) is 26.8 Å². The van der Waals surface area contributed by atoms with Crippen molar-refractivity contribution in [3.05, 3.63) is 83.2 Å². The third-order valence-corrected chi connectivity index (χ3v) is 6.44. The number of unbranched alkanes of at least 4 members (excludes halogenated alkanes) is 1. The second-order valence-corrected chi connectivity index (χ2v) is 10.1. The van der Waals surface area contributed by atoms with E-state index >= 15 is 0 Å². The van der Waals surface area contributed by atoms with Crippen LogP contribution in [-0.4, -0.2) is 18.2 Å². The first-order valence-electron chi connectivity index (χ1n) is 13.6. The van der Waals surface area contributed by atoms with Gasteiger partial charge >= 0.3 is 5.97 Å². The molecule has 3 aromatic rings. The Balaban J connectivity index is 0.00000247. The van der Waals surface area contributed by atoms with Crippen molar-refractivity contribution in [2.45, 2.75) is 79.8 Å².